The number of ether oxygens (including phenoxy) is 2. The minimum atomic E-state index is -0.423. The van der Waals surface area contributed by atoms with Crippen LogP contribution in [0.4, 0.5) is 4.79 Å². The molecule has 1 unspecified atom stereocenters. The number of hydrogen-bond donors (Lipinski definition) is 2. The van der Waals surface area contributed by atoms with Gasteiger partial charge in [0.2, 0.25) is 0 Å². The van der Waals surface area contributed by atoms with Gasteiger partial charge in [-0.1, -0.05) is 0 Å². The molecule has 0 aromatic carbocycles. The zero-order valence-electron chi connectivity index (χ0n) is 12.2. The largest absolute Gasteiger partial charge is 0.444 e. The van der Waals surface area contributed by atoms with Crippen LogP contribution < -0.4 is 10.6 Å². The number of amides is 1. The third-order valence-corrected chi connectivity index (χ3v) is 3.58. The van der Waals surface area contributed by atoms with Crippen molar-refractivity contribution in [2.45, 2.75) is 57.7 Å². The third kappa shape index (κ3) is 4.99. The Kier molecular flexibility index (Phi) is 4.68. The smallest absolute Gasteiger partial charge is 0.407 e. The van der Waals surface area contributed by atoms with Crippen LogP contribution in [0, 0.1) is 5.92 Å². The third-order valence-electron chi connectivity index (χ3n) is 3.58. The van der Waals surface area contributed by atoms with E-state index in [-0.39, 0.29) is 12.1 Å². The quantitative estimate of drug-likeness (QED) is 0.816. The second-order valence-corrected chi connectivity index (χ2v) is 6.65. The van der Waals surface area contributed by atoms with Crippen LogP contribution in [0.15, 0.2) is 0 Å². The lowest BCUT2D eigenvalue weighted by molar-refractivity contribution is 0.0464. The van der Waals surface area contributed by atoms with Gasteiger partial charge in [0.25, 0.3) is 0 Å². The Labute approximate surface area is 115 Å². The number of hydrogen-bond acceptors (Lipinski definition) is 4. The lowest BCUT2D eigenvalue weighted by Crippen LogP contribution is -2.53. The van der Waals surface area contributed by atoms with Crippen molar-refractivity contribution in [1.82, 2.24) is 10.6 Å². The number of alkyl carbamates (subject to hydrolysis) is 1. The molecule has 0 bridgehead atoms. The Balaban J connectivity index is 1.54. The van der Waals surface area contributed by atoms with E-state index in [4.69, 9.17) is 9.47 Å². The topological polar surface area (TPSA) is 59.6 Å². The monoisotopic (exact) mass is 270 g/mol. The Hall–Kier alpha value is -0.810. The normalized spacial score (nSPS) is 30.8. The van der Waals surface area contributed by atoms with Crippen molar-refractivity contribution in [3.8, 4) is 0 Å². The number of rotatable bonds is 4. The predicted octanol–water partition coefficient (Wildman–Crippen LogP) is 1.67. The van der Waals surface area contributed by atoms with E-state index in [0.29, 0.717) is 12.0 Å². The zero-order valence-corrected chi connectivity index (χ0v) is 12.2. The molecule has 1 atom stereocenters. The predicted molar refractivity (Wildman–Crippen MR) is 73.1 cm³/mol. The van der Waals surface area contributed by atoms with Gasteiger partial charge in [-0.05, 0) is 46.0 Å². The first kappa shape index (κ1) is 14.6. The van der Waals surface area contributed by atoms with Gasteiger partial charge in [-0.2, -0.15) is 0 Å². The second-order valence-electron chi connectivity index (χ2n) is 6.65. The molecule has 1 aliphatic heterocycles. The highest BCUT2D eigenvalue weighted by Crippen LogP contribution is 2.21. The maximum absolute atomic E-state index is 11.6. The summed E-state index contributed by atoms with van der Waals surface area (Å²) in [7, 11) is 0. The highest BCUT2D eigenvalue weighted by atomic mass is 16.6. The Morgan fingerprint density at radius 2 is 2.05 bits per heavy atom. The van der Waals surface area contributed by atoms with E-state index in [0.717, 1.165) is 32.6 Å². The summed E-state index contributed by atoms with van der Waals surface area (Å²) in [6.45, 7) is 8.45. The van der Waals surface area contributed by atoms with Crippen molar-refractivity contribution in [2.24, 2.45) is 5.92 Å². The van der Waals surface area contributed by atoms with Crippen LogP contribution >= 0.6 is 0 Å². The summed E-state index contributed by atoms with van der Waals surface area (Å²) in [5.74, 6) is 0.665. The first-order valence-corrected chi connectivity index (χ1v) is 7.23. The highest BCUT2D eigenvalue weighted by molar-refractivity contribution is 5.68. The molecule has 1 aliphatic carbocycles. The Morgan fingerprint density at radius 1 is 1.32 bits per heavy atom. The second kappa shape index (κ2) is 6.09. The molecule has 5 nitrogen and oxygen atoms in total. The van der Waals surface area contributed by atoms with E-state index in [1.54, 1.807) is 0 Å². The molecule has 0 spiro atoms. The summed E-state index contributed by atoms with van der Waals surface area (Å²) in [5, 5.41) is 6.45. The van der Waals surface area contributed by atoms with Gasteiger partial charge >= 0.3 is 6.09 Å². The van der Waals surface area contributed by atoms with Crippen molar-refractivity contribution in [3.05, 3.63) is 0 Å². The molecule has 2 aliphatic rings. The molecule has 1 amide bonds. The molecule has 2 N–H and O–H groups in total. The van der Waals surface area contributed by atoms with Gasteiger partial charge in [0.1, 0.15) is 5.60 Å². The molecule has 0 radical (unpaired) electrons. The number of carbonyl (C=O) groups excluding carboxylic acids is 1. The van der Waals surface area contributed by atoms with Crippen LogP contribution in [-0.4, -0.2) is 43.5 Å². The van der Waals surface area contributed by atoms with Gasteiger partial charge < -0.3 is 20.1 Å². The number of carbonyl (C=O) groups is 1. The van der Waals surface area contributed by atoms with Crippen molar-refractivity contribution < 1.29 is 14.3 Å². The van der Waals surface area contributed by atoms with Gasteiger partial charge in [0.15, 0.2) is 0 Å². The van der Waals surface area contributed by atoms with Gasteiger partial charge in [0, 0.05) is 25.2 Å². The van der Waals surface area contributed by atoms with Crippen LogP contribution in [-0.2, 0) is 9.47 Å². The number of nitrogens with one attached hydrogen (secondary N) is 2. The van der Waals surface area contributed by atoms with Gasteiger partial charge in [-0.15, -0.1) is 0 Å². The summed E-state index contributed by atoms with van der Waals surface area (Å²) in [4.78, 5) is 11.6. The maximum Gasteiger partial charge on any atom is 0.407 e. The standard InChI is InChI=1S/C14H26N2O3/c1-14(2,3)19-13(17)16-12-6-11(7-12)15-8-10-4-5-18-9-10/h10-12,15H,4-9H2,1-3H3,(H,16,17). The molecule has 1 saturated carbocycles. The molecule has 19 heavy (non-hydrogen) atoms. The fraction of sp³-hybridized carbons (Fsp3) is 0.929. The fourth-order valence-corrected chi connectivity index (χ4v) is 2.45. The molecular weight excluding hydrogens is 244 g/mol. The molecular formula is C14H26N2O3. The highest BCUT2D eigenvalue weighted by Gasteiger charge is 2.31. The molecule has 2 rings (SSSR count). The van der Waals surface area contributed by atoms with E-state index in [1.807, 2.05) is 20.8 Å². The van der Waals surface area contributed by atoms with Crippen molar-refractivity contribution in [1.29, 1.82) is 0 Å². The lowest BCUT2D eigenvalue weighted by atomic mass is 9.86. The lowest BCUT2D eigenvalue weighted by Gasteiger charge is -2.37. The van der Waals surface area contributed by atoms with Crippen LogP contribution in [0.1, 0.15) is 40.0 Å². The minimum absolute atomic E-state index is 0.257. The summed E-state index contributed by atoms with van der Waals surface area (Å²) < 4.78 is 10.6. The first-order valence-electron chi connectivity index (χ1n) is 7.23. The fourth-order valence-electron chi connectivity index (χ4n) is 2.45. The molecule has 5 heteroatoms. The van der Waals surface area contributed by atoms with Crippen LogP contribution in [0.5, 0.6) is 0 Å². The minimum Gasteiger partial charge on any atom is -0.444 e. The van der Waals surface area contributed by atoms with Crippen molar-refractivity contribution >= 4 is 6.09 Å². The molecule has 1 heterocycles. The molecule has 110 valence electrons. The van der Waals surface area contributed by atoms with Crippen LogP contribution in [0.25, 0.3) is 0 Å². The van der Waals surface area contributed by atoms with Crippen molar-refractivity contribution in [3.63, 3.8) is 0 Å². The van der Waals surface area contributed by atoms with Gasteiger partial charge in [-0.3, -0.25) is 0 Å². The summed E-state index contributed by atoms with van der Waals surface area (Å²) >= 11 is 0. The maximum atomic E-state index is 11.6. The summed E-state index contributed by atoms with van der Waals surface area (Å²) in [6.07, 6.45) is 2.85. The van der Waals surface area contributed by atoms with Crippen LogP contribution in [0.3, 0.4) is 0 Å². The van der Waals surface area contributed by atoms with Gasteiger partial charge in [-0.25, -0.2) is 4.79 Å². The average Bonchev–Trinajstić information content (AvgIpc) is 2.71. The van der Waals surface area contributed by atoms with Crippen molar-refractivity contribution in [2.75, 3.05) is 19.8 Å². The van der Waals surface area contributed by atoms with E-state index >= 15 is 0 Å². The summed E-state index contributed by atoms with van der Waals surface area (Å²) in [6, 6.07) is 0.785. The van der Waals surface area contributed by atoms with E-state index in [9.17, 15) is 4.79 Å². The summed E-state index contributed by atoms with van der Waals surface area (Å²) in [5.41, 5.74) is -0.423. The molecule has 2 fully saturated rings. The van der Waals surface area contributed by atoms with E-state index in [1.165, 1.54) is 6.42 Å². The van der Waals surface area contributed by atoms with E-state index in [2.05, 4.69) is 10.6 Å². The Morgan fingerprint density at radius 3 is 2.63 bits per heavy atom. The van der Waals surface area contributed by atoms with E-state index < -0.39 is 5.60 Å². The van der Waals surface area contributed by atoms with Crippen LogP contribution in [0.2, 0.25) is 0 Å². The molecule has 0 aromatic rings. The SMILES string of the molecule is CC(C)(C)OC(=O)NC1CC(NCC2CCOC2)C1. The average molecular weight is 270 g/mol. The Bertz CT molecular complexity index is 302. The molecule has 0 aromatic heterocycles. The zero-order chi connectivity index (χ0) is 13.9. The van der Waals surface area contributed by atoms with Gasteiger partial charge in [0.05, 0.1) is 6.61 Å². The first-order chi connectivity index (χ1) is 8.92. The molecule has 1 saturated heterocycles.